The minimum atomic E-state index is -0.0703. The first-order chi connectivity index (χ1) is 14.0. The van der Waals surface area contributed by atoms with E-state index in [1.807, 2.05) is 0 Å². The number of benzene rings is 4. The molecule has 0 heterocycles. The minimum Gasteiger partial charge on any atom is -0.336 e. The maximum Gasteiger partial charge on any atom is 0.0495 e. The first-order valence-electron chi connectivity index (χ1n) is 10.1. The zero-order valence-corrected chi connectivity index (χ0v) is 17.3. The topological polar surface area (TPSA) is 3.24 Å². The van der Waals surface area contributed by atoms with Gasteiger partial charge in [0.2, 0.25) is 0 Å². The fraction of sp³-hybridized carbons (Fsp3) is 0.143. The molecular weight excluding hydrogens is 350 g/mol. The predicted octanol–water partition coefficient (Wildman–Crippen LogP) is 7.96. The van der Waals surface area contributed by atoms with E-state index in [1.165, 1.54) is 33.6 Å². The summed E-state index contributed by atoms with van der Waals surface area (Å²) in [4.78, 5) is 2.43. The van der Waals surface area contributed by atoms with Crippen molar-refractivity contribution >= 4 is 11.4 Å². The molecule has 0 spiro atoms. The van der Waals surface area contributed by atoms with Crippen LogP contribution in [0.4, 0.5) is 11.4 Å². The monoisotopic (exact) mass is 377 g/mol. The zero-order chi connectivity index (χ0) is 20.3. The molecule has 0 atom stereocenters. The molecule has 4 rings (SSSR count). The normalized spacial score (nSPS) is 11.3. The summed E-state index contributed by atoms with van der Waals surface area (Å²) in [5, 5.41) is 0. The van der Waals surface area contributed by atoms with Crippen LogP contribution >= 0.6 is 0 Å². The molecule has 0 saturated carbocycles. The average Bonchev–Trinajstić information content (AvgIpc) is 2.75. The fourth-order valence-electron chi connectivity index (χ4n) is 3.85. The summed E-state index contributed by atoms with van der Waals surface area (Å²) in [6, 6.07) is 38.7. The molecule has 0 N–H and O–H groups in total. The molecule has 0 radical (unpaired) electrons. The van der Waals surface area contributed by atoms with Gasteiger partial charge in [-0.2, -0.15) is 0 Å². The second-order valence-electron chi connectivity index (χ2n) is 8.31. The van der Waals surface area contributed by atoms with Crippen LogP contribution in [0.5, 0.6) is 0 Å². The van der Waals surface area contributed by atoms with Gasteiger partial charge in [-0.1, -0.05) is 84.9 Å². The van der Waals surface area contributed by atoms with Gasteiger partial charge in [0.25, 0.3) is 0 Å². The van der Waals surface area contributed by atoms with Gasteiger partial charge < -0.3 is 4.90 Å². The molecule has 0 aromatic heterocycles. The zero-order valence-electron chi connectivity index (χ0n) is 17.3. The predicted molar refractivity (Wildman–Crippen MR) is 126 cm³/mol. The molecule has 0 aliphatic rings. The van der Waals surface area contributed by atoms with E-state index >= 15 is 0 Å². The van der Waals surface area contributed by atoms with E-state index in [0.29, 0.717) is 0 Å². The summed E-state index contributed by atoms with van der Waals surface area (Å²) < 4.78 is 0. The number of hydrogen-bond donors (Lipinski definition) is 0. The Morgan fingerprint density at radius 2 is 1.03 bits per heavy atom. The van der Waals surface area contributed by atoms with Gasteiger partial charge in [-0.15, -0.1) is 0 Å². The molecule has 4 aromatic carbocycles. The Labute approximate surface area is 174 Å². The van der Waals surface area contributed by atoms with Crippen molar-refractivity contribution in [1.29, 1.82) is 0 Å². The highest BCUT2D eigenvalue weighted by molar-refractivity contribution is 5.87. The summed E-state index contributed by atoms with van der Waals surface area (Å²) in [5.41, 5.74) is 7.28. The summed E-state index contributed by atoms with van der Waals surface area (Å²) in [6.07, 6.45) is 0. The van der Waals surface area contributed by atoms with Crippen molar-refractivity contribution in [3.63, 3.8) is 0 Å². The van der Waals surface area contributed by atoms with E-state index in [4.69, 9.17) is 0 Å². The lowest BCUT2D eigenvalue weighted by atomic mass is 9.94. The Hall–Kier alpha value is -3.32. The second kappa shape index (κ2) is 7.97. The molecule has 0 amide bonds. The summed E-state index contributed by atoms with van der Waals surface area (Å²) in [6.45, 7) is 6.79. The Morgan fingerprint density at radius 1 is 0.517 bits per heavy atom. The van der Waals surface area contributed by atoms with E-state index in [2.05, 4.69) is 135 Å². The smallest absolute Gasteiger partial charge is 0.0495 e. The van der Waals surface area contributed by atoms with Crippen LogP contribution in [0.3, 0.4) is 0 Å². The van der Waals surface area contributed by atoms with Crippen molar-refractivity contribution in [2.75, 3.05) is 4.90 Å². The Balaban J connectivity index is 1.94. The molecular formula is C28H27N. The molecule has 1 heteroatoms. The van der Waals surface area contributed by atoms with Crippen LogP contribution in [0.2, 0.25) is 0 Å². The van der Waals surface area contributed by atoms with Crippen LogP contribution in [0.15, 0.2) is 109 Å². The molecule has 0 fully saturated rings. The van der Waals surface area contributed by atoms with Crippen LogP contribution in [-0.2, 0) is 0 Å². The summed E-state index contributed by atoms with van der Waals surface area (Å²) >= 11 is 0. The highest BCUT2D eigenvalue weighted by Gasteiger charge is 2.26. The van der Waals surface area contributed by atoms with Gasteiger partial charge in [0.05, 0.1) is 0 Å². The average molecular weight is 378 g/mol. The quantitative estimate of drug-likeness (QED) is 0.349. The fourth-order valence-corrected chi connectivity index (χ4v) is 3.85. The van der Waals surface area contributed by atoms with Gasteiger partial charge in [0, 0.05) is 22.5 Å². The van der Waals surface area contributed by atoms with Crippen molar-refractivity contribution in [1.82, 2.24) is 0 Å². The second-order valence-corrected chi connectivity index (χ2v) is 8.31. The third-order valence-electron chi connectivity index (χ3n) is 5.11. The molecule has 144 valence electrons. The SMILES string of the molecule is CC(C)(C)N(c1ccccc1)c1ccc(-c2ccccc2)cc1-c1ccccc1. The van der Waals surface area contributed by atoms with Gasteiger partial charge in [0.1, 0.15) is 0 Å². The van der Waals surface area contributed by atoms with E-state index in [9.17, 15) is 0 Å². The van der Waals surface area contributed by atoms with Crippen molar-refractivity contribution in [2.45, 2.75) is 26.3 Å². The lowest BCUT2D eigenvalue weighted by Gasteiger charge is -2.39. The molecule has 4 aromatic rings. The number of hydrogen-bond acceptors (Lipinski definition) is 1. The van der Waals surface area contributed by atoms with E-state index in [0.717, 1.165) is 0 Å². The van der Waals surface area contributed by atoms with Crippen LogP contribution in [0.1, 0.15) is 20.8 Å². The van der Waals surface area contributed by atoms with Gasteiger partial charge in [-0.3, -0.25) is 0 Å². The lowest BCUT2D eigenvalue weighted by molar-refractivity contribution is 0.561. The third-order valence-corrected chi connectivity index (χ3v) is 5.11. The number of anilines is 2. The molecule has 0 saturated heterocycles. The number of rotatable bonds is 4. The van der Waals surface area contributed by atoms with Gasteiger partial charge in [0.15, 0.2) is 0 Å². The molecule has 29 heavy (non-hydrogen) atoms. The van der Waals surface area contributed by atoms with Crippen molar-refractivity contribution < 1.29 is 0 Å². The minimum absolute atomic E-state index is 0.0703. The van der Waals surface area contributed by atoms with E-state index in [1.54, 1.807) is 0 Å². The van der Waals surface area contributed by atoms with Crippen LogP contribution < -0.4 is 4.90 Å². The molecule has 0 aliphatic heterocycles. The molecule has 0 bridgehead atoms. The molecule has 0 unspecified atom stereocenters. The van der Waals surface area contributed by atoms with Gasteiger partial charge in [-0.25, -0.2) is 0 Å². The highest BCUT2D eigenvalue weighted by Crippen LogP contribution is 2.41. The van der Waals surface area contributed by atoms with Crippen LogP contribution in [-0.4, -0.2) is 5.54 Å². The van der Waals surface area contributed by atoms with Crippen LogP contribution in [0, 0.1) is 0 Å². The maximum atomic E-state index is 2.43. The van der Waals surface area contributed by atoms with Crippen molar-refractivity contribution in [3.05, 3.63) is 109 Å². The number of para-hydroxylation sites is 1. The lowest BCUT2D eigenvalue weighted by Crippen LogP contribution is -2.37. The Morgan fingerprint density at radius 3 is 1.59 bits per heavy atom. The largest absolute Gasteiger partial charge is 0.336 e. The maximum absolute atomic E-state index is 2.43. The number of nitrogens with zero attached hydrogens (tertiary/aromatic N) is 1. The summed E-state index contributed by atoms with van der Waals surface area (Å²) in [7, 11) is 0. The van der Waals surface area contributed by atoms with Gasteiger partial charge >= 0.3 is 0 Å². The standard InChI is InChI=1S/C28H27N/c1-28(2,3)29(25-17-11-6-12-18-25)27-20-19-24(22-13-7-4-8-14-22)21-26(27)23-15-9-5-10-16-23/h4-21H,1-3H3. The van der Waals surface area contributed by atoms with Crippen molar-refractivity contribution in [2.24, 2.45) is 0 Å². The van der Waals surface area contributed by atoms with E-state index < -0.39 is 0 Å². The Kier molecular flexibility index (Phi) is 5.22. The summed E-state index contributed by atoms with van der Waals surface area (Å²) in [5.74, 6) is 0. The highest BCUT2D eigenvalue weighted by atomic mass is 15.2. The van der Waals surface area contributed by atoms with Gasteiger partial charge in [-0.05, 0) is 61.7 Å². The first kappa shape index (κ1) is 19.0. The van der Waals surface area contributed by atoms with Crippen molar-refractivity contribution in [3.8, 4) is 22.3 Å². The van der Waals surface area contributed by atoms with E-state index in [-0.39, 0.29) is 5.54 Å². The Bertz CT molecular complexity index is 1060. The first-order valence-corrected chi connectivity index (χ1v) is 10.1. The third kappa shape index (κ3) is 4.09. The molecule has 0 aliphatic carbocycles. The molecule has 1 nitrogen and oxygen atoms in total. The van der Waals surface area contributed by atoms with Crippen LogP contribution in [0.25, 0.3) is 22.3 Å².